The lowest BCUT2D eigenvalue weighted by molar-refractivity contribution is 0.190. The molecule has 0 aliphatic carbocycles. The van der Waals surface area contributed by atoms with Crippen LogP contribution in [0.3, 0.4) is 0 Å². The Bertz CT molecular complexity index is 611. The van der Waals surface area contributed by atoms with Crippen molar-refractivity contribution in [2.45, 2.75) is 26.6 Å². The summed E-state index contributed by atoms with van der Waals surface area (Å²) in [6, 6.07) is 10.4. The molecular weight excluding hydrogens is 323 g/mol. The predicted molar refractivity (Wildman–Crippen MR) is 80.2 cm³/mol. The monoisotopic (exact) mass is 338 g/mol. The molecule has 0 bridgehead atoms. The highest BCUT2D eigenvalue weighted by Gasteiger charge is 2.10. The van der Waals surface area contributed by atoms with Crippen LogP contribution in [0.4, 0.5) is 4.39 Å². The minimum absolute atomic E-state index is 0.297. The fraction of sp³-hybridized carbons (Fsp3) is 0.250. The smallest absolute Gasteiger partial charge is 0.137 e. The summed E-state index contributed by atoms with van der Waals surface area (Å²) in [4.78, 5) is 0. The van der Waals surface area contributed by atoms with Gasteiger partial charge in [-0.1, -0.05) is 18.2 Å². The van der Waals surface area contributed by atoms with Crippen LogP contribution >= 0.6 is 15.9 Å². The van der Waals surface area contributed by atoms with E-state index >= 15 is 0 Å². The predicted octanol–water partition coefficient (Wildman–Crippen LogP) is 4.53. The largest absolute Gasteiger partial charge is 0.489 e. The van der Waals surface area contributed by atoms with Gasteiger partial charge in [0.25, 0.3) is 0 Å². The fourth-order valence-electron chi connectivity index (χ4n) is 1.90. The second-order valence-electron chi connectivity index (χ2n) is 4.75. The van der Waals surface area contributed by atoms with E-state index in [2.05, 4.69) is 15.9 Å². The van der Waals surface area contributed by atoms with Gasteiger partial charge in [0.1, 0.15) is 18.2 Å². The lowest BCUT2D eigenvalue weighted by Crippen LogP contribution is -2.01. The van der Waals surface area contributed by atoms with Crippen molar-refractivity contribution < 1.29 is 14.2 Å². The number of ether oxygens (including phenoxy) is 1. The topological polar surface area (TPSA) is 29.5 Å². The molecule has 2 nitrogen and oxygen atoms in total. The molecule has 1 atom stereocenters. The summed E-state index contributed by atoms with van der Waals surface area (Å²) in [5, 5.41) is 9.74. The van der Waals surface area contributed by atoms with Gasteiger partial charge in [-0.15, -0.1) is 0 Å². The fourth-order valence-corrected chi connectivity index (χ4v) is 2.33. The minimum Gasteiger partial charge on any atom is -0.489 e. The molecule has 2 aromatic rings. The van der Waals surface area contributed by atoms with E-state index in [1.54, 1.807) is 19.1 Å². The minimum atomic E-state index is -0.592. The Kier molecular flexibility index (Phi) is 4.78. The van der Waals surface area contributed by atoms with Gasteiger partial charge in [0, 0.05) is 5.56 Å². The first-order chi connectivity index (χ1) is 9.47. The number of aryl methyl sites for hydroxylation is 1. The van der Waals surface area contributed by atoms with Crippen molar-refractivity contribution in [3.05, 3.63) is 63.4 Å². The first-order valence-corrected chi connectivity index (χ1v) is 7.12. The number of aliphatic hydroxyl groups is 1. The molecule has 0 fully saturated rings. The number of halogens is 2. The first kappa shape index (κ1) is 15.0. The molecule has 0 radical (unpaired) electrons. The lowest BCUT2D eigenvalue weighted by Gasteiger charge is -2.14. The Morgan fingerprint density at radius 2 is 2.00 bits per heavy atom. The molecule has 106 valence electrons. The summed E-state index contributed by atoms with van der Waals surface area (Å²) in [6.07, 6.45) is -0.592. The Morgan fingerprint density at radius 3 is 2.65 bits per heavy atom. The van der Waals surface area contributed by atoms with Gasteiger partial charge < -0.3 is 9.84 Å². The first-order valence-electron chi connectivity index (χ1n) is 6.32. The number of rotatable bonds is 4. The average molecular weight is 339 g/mol. The van der Waals surface area contributed by atoms with Crippen LogP contribution in [0.25, 0.3) is 0 Å². The second-order valence-corrected chi connectivity index (χ2v) is 5.61. The molecule has 0 aliphatic heterocycles. The molecule has 0 heterocycles. The van der Waals surface area contributed by atoms with E-state index in [1.807, 2.05) is 25.1 Å². The van der Waals surface area contributed by atoms with Crippen LogP contribution < -0.4 is 4.74 Å². The van der Waals surface area contributed by atoms with Crippen molar-refractivity contribution in [3.8, 4) is 5.75 Å². The normalized spacial score (nSPS) is 12.2. The maximum absolute atomic E-state index is 13.2. The van der Waals surface area contributed by atoms with Gasteiger partial charge in [-0.2, -0.15) is 0 Å². The molecule has 1 N–H and O–H groups in total. The maximum atomic E-state index is 13.2. The average Bonchev–Trinajstić information content (AvgIpc) is 2.40. The van der Waals surface area contributed by atoms with Crippen LogP contribution in [-0.4, -0.2) is 5.11 Å². The van der Waals surface area contributed by atoms with Crippen molar-refractivity contribution in [3.63, 3.8) is 0 Å². The zero-order valence-corrected chi connectivity index (χ0v) is 12.9. The van der Waals surface area contributed by atoms with E-state index in [0.29, 0.717) is 16.8 Å². The number of hydrogen-bond acceptors (Lipinski definition) is 2. The molecule has 0 amide bonds. The summed E-state index contributed by atoms with van der Waals surface area (Å²) in [5.74, 6) is 0.356. The molecule has 2 aromatic carbocycles. The van der Waals surface area contributed by atoms with Crippen molar-refractivity contribution in [2.24, 2.45) is 0 Å². The van der Waals surface area contributed by atoms with Gasteiger partial charge in [-0.25, -0.2) is 4.39 Å². The summed E-state index contributed by atoms with van der Waals surface area (Å²) >= 11 is 3.15. The van der Waals surface area contributed by atoms with Gasteiger partial charge in [0.2, 0.25) is 0 Å². The number of benzene rings is 2. The van der Waals surface area contributed by atoms with Crippen molar-refractivity contribution >= 4 is 15.9 Å². The third-order valence-corrected chi connectivity index (χ3v) is 3.61. The van der Waals surface area contributed by atoms with E-state index in [1.165, 1.54) is 6.07 Å². The third kappa shape index (κ3) is 3.58. The van der Waals surface area contributed by atoms with Crippen LogP contribution in [0.1, 0.15) is 29.7 Å². The molecule has 0 saturated carbocycles. The van der Waals surface area contributed by atoms with Gasteiger partial charge in [-0.3, -0.25) is 0 Å². The van der Waals surface area contributed by atoms with Crippen LogP contribution in [0.15, 0.2) is 40.9 Å². The Hall–Kier alpha value is -1.39. The summed E-state index contributed by atoms with van der Waals surface area (Å²) in [6.45, 7) is 3.99. The highest BCUT2D eigenvalue weighted by atomic mass is 79.9. The summed E-state index contributed by atoms with van der Waals surface area (Å²) < 4.78 is 19.3. The van der Waals surface area contributed by atoms with Crippen LogP contribution in [-0.2, 0) is 6.61 Å². The highest BCUT2D eigenvalue weighted by molar-refractivity contribution is 9.10. The SMILES string of the molecule is Cc1ccc(C(C)O)c(OCc2ccc(F)c(Br)c2)c1. The zero-order valence-electron chi connectivity index (χ0n) is 11.4. The molecule has 4 heteroatoms. The Balaban J connectivity index is 2.17. The highest BCUT2D eigenvalue weighted by Crippen LogP contribution is 2.27. The van der Waals surface area contributed by atoms with Gasteiger partial charge in [0.05, 0.1) is 10.6 Å². The number of aliphatic hydroxyl groups excluding tert-OH is 1. The molecule has 1 unspecified atom stereocenters. The van der Waals surface area contributed by atoms with Gasteiger partial charge >= 0.3 is 0 Å². The molecular formula is C16H16BrFO2. The van der Waals surface area contributed by atoms with Crippen LogP contribution in [0, 0.1) is 12.7 Å². The number of hydrogen-bond donors (Lipinski definition) is 1. The maximum Gasteiger partial charge on any atom is 0.137 e. The zero-order chi connectivity index (χ0) is 14.7. The van der Waals surface area contributed by atoms with E-state index in [9.17, 15) is 9.50 Å². The molecule has 0 saturated heterocycles. The quantitative estimate of drug-likeness (QED) is 0.887. The van der Waals surface area contributed by atoms with Gasteiger partial charge in [0.15, 0.2) is 0 Å². The molecule has 2 rings (SSSR count). The molecule has 20 heavy (non-hydrogen) atoms. The summed E-state index contributed by atoms with van der Waals surface area (Å²) in [7, 11) is 0. The van der Waals surface area contributed by atoms with Crippen molar-refractivity contribution in [2.75, 3.05) is 0 Å². The lowest BCUT2D eigenvalue weighted by atomic mass is 10.1. The van der Waals surface area contributed by atoms with Crippen molar-refractivity contribution in [1.82, 2.24) is 0 Å². The van der Waals surface area contributed by atoms with Crippen LogP contribution in [0.5, 0.6) is 5.75 Å². The molecule has 0 aliphatic rings. The van der Waals surface area contributed by atoms with Crippen LogP contribution in [0.2, 0.25) is 0 Å². The second kappa shape index (κ2) is 6.37. The van der Waals surface area contributed by atoms with Gasteiger partial charge in [-0.05, 0) is 59.1 Å². The van der Waals surface area contributed by atoms with E-state index in [-0.39, 0.29) is 5.82 Å². The Labute approximate surface area is 126 Å². The molecule has 0 spiro atoms. The van der Waals surface area contributed by atoms with E-state index in [0.717, 1.165) is 16.7 Å². The Morgan fingerprint density at radius 1 is 1.25 bits per heavy atom. The van der Waals surface area contributed by atoms with Crippen molar-refractivity contribution in [1.29, 1.82) is 0 Å². The van der Waals surface area contributed by atoms with E-state index < -0.39 is 6.10 Å². The standard InChI is InChI=1S/C16H16BrFO2/c1-10-3-5-13(11(2)19)16(7-10)20-9-12-4-6-15(18)14(17)8-12/h3-8,11,19H,9H2,1-2H3. The molecule has 0 aromatic heterocycles. The third-order valence-electron chi connectivity index (χ3n) is 3.00. The summed E-state index contributed by atoms with van der Waals surface area (Å²) in [5.41, 5.74) is 2.66. The van der Waals surface area contributed by atoms with E-state index in [4.69, 9.17) is 4.74 Å².